The van der Waals surface area contributed by atoms with Gasteiger partial charge in [-0.15, -0.1) is 0 Å². The van der Waals surface area contributed by atoms with Gasteiger partial charge in [0, 0.05) is 46.4 Å². The summed E-state index contributed by atoms with van der Waals surface area (Å²) in [5.41, 5.74) is 0. The van der Waals surface area contributed by atoms with E-state index in [4.69, 9.17) is 9.47 Å². The Hall–Kier alpha value is -0.650. The Labute approximate surface area is 103 Å². The first-order valence-electron chi connectivity index (χ1n) is 6.40. The van der Waals surface area contributed by atoms with Gasteiger partial charge in [0.05, 0.1) is 6.10 Å². The van der Waals surface area contributed by atoms with Crippen molar-refractivity contribution in [3.8, 4) is 0 Å². The van der Waals surface area contributed by atoms with Crippen LogP contribution in [0.3, 0.4) is 0 Å². The van der Waals surface area contributed by atoms with Crippen molar-refractivity contribution >= 4 is 5.91 Å². The summed E-state index contributed by atoms with van der Waals surface area (Å²) in [6, 6.07) is 0. The number of piperazine rings is 1. The van der Waals surface area contributed by atoms with E-state index in [0.29, 0.717) is 6.10 Å². The molecule has 5 nitrogen and oxygen atoms in total. The smallest absolute Gasteiger partial charge is 0.248 e. The van der Waals surface area contributed by atoms with Crippen LogP contribution in [-0.4, -0.2) is 74.9 Å². The molecule has 2 heterocycles. The lowest BCUT2D eigenvalue weighted by molar-refractivity contribution is -0.137. The van der Waals surface area contributed by atoms with Crippen LogP contribution in [0.15, 0.2) is 0 Å². The molecule has 5 heteroatoms. The lowest BCUT2D eigenvalue weighted by Crippen LogP contribution is -2.51. The van der Waals surface area contributed by atoms with Gasteiger partial charge in [-0.2, -0.15) is 0 Å². The van der Waals surface area contributed by atoms with Crippen LogP contribution in [0, 0.1) is 0 Å². The molecule has 2 saturated heterocycles. The Morgan fingerprint density at radius 3 is 2.71 bits per heavy atom. The summed E-state index contributed by atoms with van der Waals surface area (Å²) in [5, 5.41) is 0. The molecule has 0 spiro atoms. The number of methoxy groups -OCH3 is 1. The Bertz CT molecular complexity index is 246. The first-order chi connectivity index (χ1) is 8.29. The topological polar surface area (TPSA) is 42.0 Å². The summed E-state index contributed by atoms with van der Waals surface area (Å²) in [5.74, 6) is 0.101. The third-order valence-electron chi connectivity index (χ3n) is 3.48. The second-order valence-electron chi connectivity index (χ2n) is 4.75. The number of ether oxygens (including phenoxy) is 2. The highest BCUT2D eigenvalue weighted by Gasteiger charge is 2.24. The molecule has 2 aliphatic rings. The van der Waals surface area contributed by atoms with Gasteiger partial charge in [0.2, 0.25) is 5.91 Å². The molecule has 0 saturated carbocycles. The molecule has 0 radical (unpaired) electrons. The Kier molecular flexibility index (Phi) is 4.76. The summed E-state index contributed by atoms with van der Waals surface area (Å²) in [7, 11) is 1.56. The standard InChI is InChI=1S/C12H22N2O3/c1-16-10-12(15)14-6-4-13(5-7-14)9-11-3-2-8-17-11/h11H,2-10H2,1H3/t11-/m1/s1. The van der Waals surface area contributed by atoms with Crippen LogP contribution >= 0.6 is 0 Å². The molecule has 0 aromatic carbocycles. The van der Waals surface area contributed by atoms with Gasteiger partial charge in [0.25, 0.3) is 0 Å². The van der Waals surface area contributed by atoms with E-state index in [1.807, 2.05) is 4.90 Å². The predicted octanol–water partition coefficient (Wildman–Crippen LogP) is -0.0440. The Morgan fingerprint density at radius 1 is 1.35 bits per heavy atom. The molecule has 98 valence electrons. The average molecular weight is 242 g/mol. The fourth-order valence-corrected chi connectivity index (χ4v) is 2.47. The van der Waals surface area contributed by atoms with Crippen LogP contribution in [0.2, 0.25) is 0 Å². The number of amides is 1. The molecule has 0 aromatic rings. The minimum Gasteiger partial charge on any atom is -0.377 e. The van der Waals surface area contributed by atoms with Crippen LogP contribution in [0.4, 0.5) is 0 Å². The minimum atomic E-state index is 0.101. The second-order valence-corrected chi connectivity index (χ2v) is 4.75. The van der Waals surface area contributed by atoms with Gasteiger partial charge >= 0.3 is 0 Å². The van der Waals surface area contributed by atoms with Crippen LogP contribution in [0.25, 0.3) is 0 Å². The highest BCUT2D eigenvalue weighted by atomic mass is 16.5. The number of hydrogen-bond acceptors (Lipinski definition) is 4. The number of nitrogens with zero attached hydrogens (tertiary/aromatic N) is 2. The van der Waals surface area contributed by atoms with Gasteiger partial charge in [0.15, 0.2) is 0 Å². The molecule has 2 fully saturated rings. The van der Waals surface area contributed by atoms with Gasteiger partial charge < -0.3 is 14.4 Å². The molecule has 0 unspecified atom stereocenters. The molecule has 1 atom stereocenters. The van der Waals surface area contributed by atoms with E-state index >= 15 is 0 Å². The van der Waals surface area contributed by atoms with Crippen molar-refractivity contribution in [2.75, 3.05) is 53.0 Å². The molecule has 0 aromatic heterocycles. The fourth-order valence-electron chi connectivity index (χ4n) is 2.47. The normalized spacial score (nSPS) is 26.4. The summed E-state index contributed by atoms with van der Waals surface area (Å²) in [6.07, 6.45) is 2.79. The van der Waals surface area contributed by atoms with Crippen molar-refractivity contribution in [3.05, 3.63) is 0 Å². The predicted molar refractivity (Wildman–Crippen MR) is 63.9 cm³/mol. The van der Waals surface area contributed by atoms with Crippen LogP contribution < -0.4 is 0 Å². The van der Waals surface area contributed by atoms with E-state index in [2.05, 4.69) is 4.90 Å². The van der Waals surface area contributed by atoms with Crippen molar-refractivity contribution in [1.82, 2.24) is 9.80 Å². The molecular formula is C12H22N2O3. The number of hydrogen-bond donors (Lipinski definition) is 0. The molecule has 0 N–H and O–H groups in total. The molecule has 0 aliphatic carbocycles. The maximum absolute atomic E-state index is 11.6. The first kappa shape index (κ1) is 12.8. The van der Waals surface area contributed by atoms with Crippen LogP contribution in [0.1, 0.15) is 12.8 Å². The third-order valence-corrected chi connectivity index (χ3v) is 3.48. The third kappa shape index (κ3) is 3.66. The van der Waals surface area contributed by atoms with Gasteiger partial charge in [-0.25, -0.2) is 0 Å². The van der Waals surface area contributed by atoms with Crippen molar-refractivity contribution in [2.24, 2.45) is 0 Å². The Morgan fingerprint density at radius 2 is 2.12 bits per heavy atom. The number of carbonyl (C=O) groups is 1. The second kappa shape index (κ2) is 6.33. The molecular weight excluding hydrogens is 220 g/mol. The molecule has 2 aliphatic heterocycles. The number of rotatable bonds is 4. The SMILES string of the molecule is COCC(=O)N1CCN(C[C@H]2CCCO2)CC1. The maximum atomic E-state index is 11.6. The van der Waals surface area contributed by atoms with Crippen molar-refractivity contribution < 1.29 is 14.3 Å². The quantitative estimate of drug-likeness (QED) is 0.693. The zero-order valence-electron chi connectivity index (χ0n) is 10.6. The van der Waals surface area contributed by atoms with E-state index in [0.717, 1.165) is 39.3 Å². The first-order valence-corrected chi connectivity index (χ1v) is 6.40. The molecule has 1 amide bonds. The van der Waals surface area contributed by atoms with Gasteiger partial charge in [-0.3, -0.25) is 9.69 Å². The van der Waals surface area contributed by atoms with Crippen molar-refractivity contribution in [3.63, 3.8) is 0 Å². The number of carbonyl (C=O) groups excluding carboxylic acids is 1. The van der Waals surface area contributed by atoms with Crippen LogP contribution in [-0.2, 0) is 14.3 Å². The fraction of sp³-hybridized carbons (Fsp3) is 0.917. The van der Waals surface area contributed by atoms with Crippen LogP contribution in [0.5, 0.6) is 0 Å². The largest absolute Gasteiger partial charge is 0.377 e. The summed E-state index contributed by atoms with van der Waals surface area (Å²) < 4.78 is 10.5. The van der Waals surface area contributed by atoms with Gasteiger partial charge in [0.1, 0.15) is 6.61 Å². The maximum Gasteiger partial charge on any atom is 0.248 e. The molecule has 17 heavy (non-hydrogen) atoms. The summed E-state index contributed by atoms with van der Waals surface area (Å²) in [4.78, 5) is 15.9. The van der Waals surface area contributed by atoms with Gasteiger partial charge in [-0.05, 0) is 12.8 Å². The molecule has 0 bridgehead atoms. The lowest BCUT2D eigenvalue weighted by Gasteiger charge is -2.35. The Balaban J connectivity index is 1.68. The van der Waals surface area contributed by atoms with Crippen molar-refractivity contribution in [2.45, 2.75) is 18.9 Å². The highest BCUT2D eigenvalue weighted by Crippen LogP contribution is 2.14. The van der Waals surface area contributed by atoms with Gasteiger partial charge in [-0.1, -0.05) is 0 Å². The zero-order chi connectivity index (χ0) is 12.1. The molecule has 2 rings (SSSR count). The average Bonchev–Trinajstić information content (AvgIpc) is 2.83. The summed E-state index contributed by atoms with van der Waals surface area (Å²) >= 11 is 0. The van der Waals surface area contributed by atoms with E-state index in [1.165, 1.54) is 12.8 Å². The minimum absolute atomic E-state index is 0.101. The van der Waals surface area contributed by atoms with E-state index < -0.39 is 0 Å². The lowest BCUT2D eigenvalue weighted by atomic mass is 10.2. The summed E-state index contributed by atoms with van der Waals surface area (Å²) in [6.45, 7) is 5.67. The zero-order valence-corrected chi connectivity index (χ0v) is 10.6. The monoisotopic (exact) mass is 242 g/mol. The van der Waals surface area contributed by atoms with E-state index in [1.54, 1.807) is 7.11 Å². The highest BCUT2D eigenvalue weighted by molar-refractivity contribution is 5.77. The van der Waals surface area contributed by atoms with E-state index in [-0.39, 0.29) is 12.5 Å². The van der Waals surface area contributed by atoms with Crippen molar-refractivity contribution in [1.29, 1.82) is 0 Å². The van der Waals surface area contributed by atoms with E-state index in [9.17, 15) is 4.79 Å².